The van der Waals surface area contributed by atoms with Crippen LogP contribution in [0, 0.1) is 0 Å². The Hall–Kier alpha value is -3.88. The minimum Gasteiger partial charge on any atom is -0.487 e. The number of H-pyrrole nitrogens is 1. The smallest absolute Gasteiger partial charge is 0.138 e. The highest BCUT2D eigenvalue weighted by atomic mass is 35.5. The molecular weight excluding hydrogens is 509 g/mol. The monoisotopic (exact) mass is 535 g/mol. The van der Waals surface area contributed by atoms with Gasteiger partial charge in [-0.05, 0) is 74.0 Å². The second-order valence-electron chi connectivity index (χ2n) is 8.77. The fraction of sp³-hybridized carbons (Fsp3) is 0.185. The first-order chi connectivity index (χ1) is 17.4. The lowest BCUT2D eigenvalue weighted by Crippen LogP contribution is -2.15. The second kappa shape index (κ2) is 11.5. The van der Waals surface area contributed by atoms with Gasteiger partial charge in [0.15, 0.2) is 0 Å². The molecule has 0 bridgehead atoms. The summed E-state index contributed by atoms with van der Waals surface area (Å²) in [5.74, 6) is 2.04. The van der Waals surface area contributed by atoms with Crippen LogP contribution in [0.5, 0.6) is 5.75 Å². The van der Waals surface area contributed by atoms with E-state index in [4.69, 9.17) is 27.1 Å². The first-order valence-electron chi connectivity index (χ1n) is 11.6. The van der Waals surface area contributed by atoms with E-state index < -0.39 is 0 Å². The van der Waals surface area contributed by atoms with Crippen LogP contribution in [0.25, 0.3) is 22.4 Å². The maximum Gasteiger partial charge on any atom is 0.138 e. The molecule has 0 spiro atoms. The SMILES string of the molecule is CC(C)N=C(N)c1ccc2nc(-c3ccc(OCc4cn(Cc5ccc(Cl)cc5)nn4)cc3)[nH]c2c1.Cl. The Kier molecular flexibility index (Phi) is 8.11. The van der Waals surface area contributed by atoms with Gasteiger partial charge < -0.3 is 15.5 Å². The number of rotatable bonds is 8. The Balaban J connectivity index is 0.00000320. The summed E-state index contributed by atoms with van der Waals surface area (Å²) in [4.78, 5) is 12.5. The molecule has 3 aromatic carbocycles. The molecule has 2 heterocycles. The number of benzene rings is 3. The zero-order valence-electron chi connectivity index (χ0n) is 20.4. The number of nitrogens with two attached hydrogens (primary N) is 1. The van der Waals surface area contributed by atoms with E-state index in [1.54, 1.807) is 4.68 Å². The highest BCUT2D eigenvalue weighted by molar-refractivity contribution is 6.30. The van der Waals surface area contributed by atoms with Crippen molar-refractivity contribution in [3.8, 4) is 17.1 Å². The molecule has 8 nitrogen and oxygen atoms in total. The summed E-state index contributed by atoms with van der Waals surface area (Å²) in [6.45, 7) is 4.95. The van der Waals surface area contributed by atoms with Crippen LogP contribution >= 0.6 is 24.0 Å². The second-order valence-corrected chi connectivity index (χ2v) is 9.21. The Morgan fingerprint density at radius 3 is 2.57 bits per heavy atom. The first-order valence-corrected chi connectivity index (χ1v) is 12.0. The third-order valence-corrected chi connectivity index (χ3v) is 5.79. The molecule has 0 aliphatic rings. The van der Waals surface area contributed by atoms with E-state index >= 15 is 0 Å². The van der Waals surface area contributed by atoms with Crippen molar-refractivity contribution in [2.75, 3.05) is 0 Å². The summed E-state index contributed by atoms with van der Waals surface area (Å²) in [5, 5.41) is 9.09. The molecule has 0 amide bonds. The summed E-state index contributed by atoms with van der Waals surface area (Å²) in [6, 6.07) is 21.5. The van der Waals surface area contributed by atoms with Crippen molar-refractivity contribution < 1.29 is 4.74 Å². The fourth-order valence-electron chi connectivity index (χ4n) is 3.78. The molecule has 0 radical (unpaired) electrons. The van der Waals surface area contributed by atoms with Gasteiger partial charge in [-0.15, -0.1) is 17.5 Å². The van der Waals surface area contributed by atoms with Gasteiger partial charge in [0.25, 0.3) is 0 Å². The van der Waals surface area contributed by atoms with Gasteiger partial charge in [-0.2, -0.15) is 0 Å². The quantitative estimate of drug-likeness (QED) is 0.197. The number of halogens is 2. The van der Waals surface area contributed by atoms with Crippen LogP contribution in [0.2, 0.25) is 5.02 Å². The molecule has 0 fully saturated rings. The van der Waals surface area contributed by atoms with Crippen LogP contribution in [0.4, 0.5) is 0 Å². The number of aliphatic imine (C=N–C) groups is 1. The van der Waals surface area contributed by atoms with E-state index in [9.17, 15) is 0 Å². The van der Waals surface area contributed by atoms with Crippen LogP contribution in [-0.4, -0.2) is 36.8 Å². The summed E-state index contributed by atoms with van der Waals surface area (Å²) < 4.78 is 7.68. The number of hydrogen-bond donors (Lipinski definition) is 2. The Morgan fingerprint density at radius 1 is 1.08 bits per heavy atom. The van der Waals surface area contributed by atoms with Gasteiger partial charge in [-0.3, -0.25) is 4.99 Å². The molecular formula is C27H27Cl2N7O. The summed E-state index contributed by atoms with van der Waals surface area (Å²) >= 11 is 5.95. The number of ether oxygens (including phenoxy) is 1. The van der Waals surface area contributed by atoms with E-state index in [1.807, 2.05) is 86.8 Å². The minimum absolute atomic E-state index is 0. The third kappa shape index (κ3) is 6.47. The minimum atomic E-state index is 0. The van der Waals surface area contributed by atoms with Crippen molar-refractivity contribution in [3.05, 3.63) is 94.8 Å². The van der Waals surface area contributed by atoms with Gasteiger partial charge in [0.1, 0.15) is 29.7 Å². The number of imidazole rings is 1. The molecule has 0 aliphatic heterocycles. The lowest BCUT2D eigenvalue weighted by Gasteiger charge is -2.04. The Labute approximate surface area is 226 Å². The number of aromatic amines is 1. The van der Waals surface area contributed by atoms with E-state index in [2.05, 4.69) is 20.3 Å². The van der Waals surface area contributed by atoms with E-state index in [0.717, 1.165) is 45.0 Å². The van der Waals surface area contributed by atoms with Crippen molar-refractivity contribution in [2.45, 2.75) is 33.0 Å². The Morgan fingerprint density at radius 2 is 1.84 bits per heavy atom. The van der Waals surface area contributed by atoms with Crippen LogP contribution in [-0.2, 0) is 13.2 Å². The molecule has 2 aromatic heterocycles. The molecule has 5 aromatic rings. The summed E-state index contributed by atoms with van der Waals surface area (Å²) in [7, 11) is 0. The molecule has 0 saturated carbocycles. The van der Waals surface area contributed by atoms with Crippen LogP contribution in [0.15, 0.2) is 77.9 Å². The van der Waals surface area contributed by atoms with Crippen LogP contribution in [0.3, 0.4) is 0 Å². The summed E-state index contributed by atoms with van der Waals surface area (Å²) in [6.07, 6.45) is 1.88. The fourth-order valence-corrected chi connectivity index (χ4v) is 3.91. The molecule has 10 heteroatoms. The van der Waals surface area contributed by atoms with E-state index in [0.29, 0.717) is 24.0 Å². The standard InChI is InChI=1S/C27H26ClN7O.ClH/c1-17(2)30-26(29)20-7-12-24-25(13-20)32-27(31-24)19-5-10-23(11-6-19)36-16-22-15-35(34-33-22)14-18-3-8-21(28)9-4-18;/h3-13,15,17H,14,16H2,1-2H3,(H2,29,30)(H,31,32);1H. The number of nitrogens with zero attached hydrogens (tertiary/aromatic N) is 5. The molecule has 0 aliphatic carbocycles. The van der Waals surface area contributed by atoms with Crippen molar-refractivity contribution in [1.29, 1.82) is 0 Å². The first kappa shape index (κ1) is 26.2. The molecule has 5 rings (SSSR count). The maximum absolute atomic E-state index is 6.12. The molecule has 0 unspecified atom stereocenters. The molecule has 0 atom stereocenters. The normalized spacial score (nSPS) is 11.6. The molecule has 37 heavy (non-hydrogen) atoms. The highest BCUT2D eigenvalue weighted by Gasteiger charge is 2.09. The number of aromatic nitrogens is 5. The maximum atomic E-state index is 6.12. The number of amidine groups is 1. The van der Waals surface area contributed by atoms with Crippen molar-refractivity contribution >= 4 is 40.9 Å². The largest absolute Gasteiger partial charge is 0.487 e. The number of nitrogens with one attached hydrogen (secondary N) is 1. The zero-order chi connectivity index (χ0) is 25.1. The third-order valence-electron chi connectivity index (χ3n) is 5.53. The van der Waals surface area contributed by atoms with Crippen molar-refractivity contribution in [1.82, 2.24) is 25.0 Å². The van der Waals surface area contributed by atoms with E-state index in [1.165, 1.54) is 0 Å². The molecule has 0 saturated heterocycles. The van der Waals surface area contributed by atoms with Crippen LogP contribution < -0.4 is 10.5 Å². The van der Waals surface area contributed by atoms with Gasteiger partial charge in [0.2, 0.25) is 0 Å². The lowest BCUT2D eigenvalue weighted by molar-refractivity contribution is 0.301. The van der Waals surface area contributed by atoms with Crippen LogP contribution in [0.1, 0.15) is 30.7 Å². The summed E-state index contributed by atoms with van der Waals surface area (Å²) in [5.41, 5.74) is 11.6. The topological polar surface area (TPSA) is 107 Å². The van der Waals surface area contributed by atoms with Gasteiger partial charge in [0, 0.05) is 22.2 Å². The van der Waals surface area contributed by atoms with Crippen molar-refractivity contribution in [3.63, 3.8) is 0 Å². The Bertz CT molecular complexity index is 1510. The zero-order valence-corrected chi connectivity index (χ0v) is 22.0. The number of hydrogen-bond acceptors (Lipinski definition) is 5. The number of fused-ring (bicyclic) bond motifs is 1. The van der Waals surface area contributed by atoms with Gasteiger partial charge >= 0.3 is 0 Å². The lowest BCUT2D eigenvalue weighted by atomic mass is 10.2. The average Bonchev–Trinajstić information content (AvgIpc) is 3.50. The molecule has 3 N–H and O–H groups in total. The van der Waals surface area contributed by atoms with Gasteiger partial charge in [0.05, 0.1) is 23.8 Å². The highest BCUT2D eigenvalue weighted by Crippen LogP contribution is 2.24. The van der Waals surface area contributed by atoms with Gasteiger partial charge in [-0.1, -0.05) is 28.9 Å². The predicted octanol–water partition coefficient (Wildman–Crippen LogP) is 5.64. The van der Waals surface area contributed by atoms with E-state index in [-0.39, 0.29) is 18.4 Å². The molecule has 190 valence electrons. The van der Waals surface area contributed by atoms with Gasteiger partial charge in [-0.25, -0.2) is 9.67 Å². The van der Waals surface area contributed by atoms with Crippen molar-refractivity contribution in [2.24, 2.45) is 10.7 Å². The average molecular weight is 536 g/mol. The predicted molar refractivity (Wildman–Crippen MR) is 150 cm³/mol.